The number of carbonyl (C=O) groups is 1. The lowest BCUT2D eigenvalue weighted by molar-refractivity contribution is -0.153. The summed E-state index contributed by atoms with van der Waals surface area (Å²) in [6.07, 6.45) is -4.40. The zero-order valence-corrected chi connectivity index (χ0v) is 14.9. The van der Waals surface area contributed by atoms with Crippen LogP contribution in [0, 0.1) is 6.92 Å². The van der Waals surface area contributed by atoms with E-state index in [1.54, 1.807) is 24.3 Å². The Hall–Kier alpha value is -2.25. The Morgan fingerprint density at radius 1 is 1.19 bits per heavy atom. The Morgan fingerprint density at radius 3 is 2.46 bits per heavy atom. The molecule has 0 aliphatic heterocycles. The summed E-state index contributed by atoms with van der Waals surface area (Å²) in [7, 11) is 0. The molecule has 0 radical (unpaired) electrons. The standard InChI is InChI=1S/C18H19F3N2O2.ClH/c1-12-5-7-14(8-6-12)16(22)17(24)23-10-13-3-2-4-15(9-13)25-11-18(19,20)21;/h2-9,16H,10-11,22H2,1H3,(H,23,24);1H. The molecule has 0 aromatic heterocycles. The van der Waals surface area contributed by atoms with Gasteiger partial charge in [0.15, 0.2) is 6.61 Å². The number of halogens is 4. The number of hydrogen-bond donors (Lipinski definition) is 2. The van der Waals surface area contributed by atoms with Crippen molar-refractivity contribution in [3.05, 3.63) is 65.2 Å². The van der Waals surface area contributed by atoms with E-state index < -0.39 is 18.8 Å². The van der Waals surface area contributed by atoms with Crippen molar-refractivity contribution < 1.29 is 22.7 Å². The van der Waals surface area contributed by atoms with Crippen LogP contribution in [0.4, 0.5) is 13.2 Å². The molecule has 0 aliphatic carbocycles. The van der Waals surface area contributed by atoms with E-state index in [0.717, 1.165) is 5.56 Å². The van der Waals surface area contributed by atoms with Crippen LogP contribution in [-0.4, -0.2) is 18.7 Å². The molecule has 0 heterocycles. The quantitative estimate of drug-likeness (QED) is 0.793. The number of nitrogens with one attached hydrogen (secondary N) is 1. The lowest BCUT2D eigenvalue weighted by atomic mass is 10.1. The number of carbonyl (C=O) groups excluding carboxylic acids is 1. The smallest absolute Gasteiger partial charge is 0.422 e. The van der Waals surface area contributed by atoms with Crippen molar-refractivity contribution >= 4 is 18.3 Å². The summed E-state index contributed by atoms with van der Waals surface area (Å²) < 4.78 is 41.2. The summed E-state index contributed by atoms with van der Waals surface area (Å²) in [5.41, 5.74) is 8.28. The maximum atomic E-state index is 12.2. The first-order valence-corrected chi connectivity index (χ1v) is 7.63. The van der Waals surface area contributed by atoms with Gasteiger partial charge in [-0.3, -0.25) is 4.79 Å². The van der Waals surface area contributed by atoms with Gasteiger partial charge in [0.2, 0.25) is 5.91 Å². The van der Waals surface area contributed by atoms with Gasteiger partial charge in [-0.25, -0.2) is 0 Å². The molecule has 0 fully saturated rings. The molecule has 1 amide bonds. The van der Waals surface area contributed by atoms with Gasteiger partial charge < -0.3 is 15.8 Å². The second kappa shape index (κ2) is 9.45. The van der Waals surface area contributed by atoms with Crippen LogP contribution >= 0.6 is 12.4 Å². The first-order valence-electron chi connectivity index (χ1n) is 7.63. The molecule has 0 saturated carbocycles. The van der Waals surface area contributed by atoms with Crippen molar-refractivity contribution in [2.24, 2.45) is 5.73 Å². The minimum absolute atomic E-state index is 0. The highest BCUT2D eigenvalue weighted by atomic mass is 35.5. The second-order valence-corrected chi connectivity index (χ2v) is 5.66. The van der Waals surface area contributed by atoms with Gasteiger partial charge >= 0.3 is 6.18 Å². The molecule has 2 aromatic rings. The van der Waals surface area contributed by atoms with Crippen LogP contribution in [0.25, 0.3) is 0 Å². The summed E-state index contributed by atoms with van der Waals surface area (Å²) >= 11 is 0. The normalized spacial score (nSPS) is 12.0. The summed E-state index contributed by atoms with van der Waals surface area (Å²) in [6, 6.07) is 12.6. The third kappa shape index (κ3) is 6.93. The molecule has 0 spiro atoms. The van der Waals surface area contributed by atoms with Crippen LogP contribution in [-0.2, 0) is 11.3 Å². The fourth-order valence-electron chi connectivity index (χ4n) is 2.13. The van der Waals surface area contributed by atoms with Crippen LogP contribution in [0.3, 0.4) is 0 Å². The maximum absolute atomic E-state index is 12.2. The number of aryl methyl sites for hydroxylation is 1. The van der Waals surface area contributed by atoms with E-state index in [0.29, 0.717) is 11.1 Å². The Bertz CT molecular complexity index is 721. The average molecular weight is 389 g/mol. The Kier molecular flexibility index (Phi) is 7.92. The lowest BCUT2D eigenvalue weighted by Crippen LogP contribution is -2.33. The fourth-order valence-corrected chi connectivity index (χ4v) is 2.13. The van der Waals surface area contributed by atoms with E-state index >= 15 is 0 Å². The highest BCUT2D eigenvalue weighted by Crippen LogP contribution is 2.19. The molecule has 142 valence electrons. The number of benzene rings is 2. The number of amides is 1. The molecule has 0 saturated heterocycles. The summed E-state index contributed by atoms with van der Waals surface area (Å²) in [6.45, 7) is 0.714. The van der Waals surface area contributed by atoms with Crippen molar-refractivity contribution in [1.82, 2.24) is 5.32 Å². The fraction of sp³-hybridized carbons (Fsp3) is 0.278. The molecule has 0 aliphatic rings. The Labute approximate surface area is 155 Å². The van der Waals surface area contributed by atoms with Gasteiger partial charge in [0, 0.05) is 6.54 Å². The van der Waals surface area contributed by atoms with Gasteiger partial charge in [-0.2, -0.15) is 13.2 Å². The maximum Gasteiger partial charge on any atom is 0.422 e. The first-order chi connectivity index (χ1) is 11.7. The molecule has 8 heteroatoms. The van der Waals surface area contributed by atoms with Gasteiger partial charge in [0.1, 0.15) is 11.8 Å². The first kappa shape index (κ1) is 21.8. The summed E-state index contributed by atoms with van der Waals surface area (Å²) in [4.78, 5) is 12.1. The minimum Gasteiger partial charge on any atom is -0.484 e. The van der Waals surface area contributed by atoms with Gasteiger partial charge in [0.05, 0.1) is 0 Å². The molecule has 0 bridgehead atoms. The third-order valence-electron chi connectivity index (χ3n) is 3.49. The highest BCUT2D eigenvalue weighted by molar-refractivity contribution is 5.85. The van der Waals surface area contributed by atoms with Crippen LogP contribution in [0.15, 0.2) is 48.5 Å². The average Bonchev–Trinajstić information content (AvgIpc) is 2.58. The second-order valence-electron chi connectivity index (χ2n) is 5.66. The number of alkyl halides is 3. The SMILES string of the molecule is Cc1ccc(C(N)C(=O)NCc2cccc(OCC(F)(F)F)c2)cc1.Cl. The largest absolute Gasteiger partial charge is 0.484 e. The van der Waals surface area contributed by atoms with Crippen molar-refractivity contribution in [1.29, 1.82) is 0 Å². The van der Waals surface area contributed by atoms with Gasteiger partial charge in [-0.15, -0.1) is 12.4 Å². The molecular weight excluding hydrogens is 369 g/mol. The summed E-state index contributed by atoms with van der Waals surface area (Å²) in [5.74, 6) is -0.280. The van der Waals surface area contributed by atoms with E-state index in [1.165, 1.54) is 12.1 Å². The molecule has 1 unspecified atom stereocenters. The molecule has 26 heavy (non-hydrogen) atoms. The zero-order chi connectivity index (χ0) is 18.4. The Balaban J connectivity index is 0.00000338. The van der Waals surface area contributed by atoms with Crippen LogP contribution < -0.4 is 15.8 Å². The molecule has 3 N–H and O–H groups in total. The van der Waals surface area contributed by atoms with Crippen molar-refractivity contribution in [3.8, 4) is 5.75 Å². The van der Waals surface area contributed by atoms with Gasteiger partial charge in [-0.1, -0.05) is 42.0 Å². The van der Waals surface area contributed by atoms with E-state index in [1.807, 2.05) is 19.1 Å². The topological polar surface area (TPSA) is 64.4 Å². The van der Waals surface area contributed by atoms with Crippen LogP contribution in [0.2, 0.25) is 0 Å². The summed E-state index contributed by atoms with van der Waals surface area (Å²) in [5, 5.41) is 2.67. The van der Waals surface area contributed by atoms with Crippen molar-refractivity contribution in [3.63, 3.8) is 0 Å². The van der Waals surface area contributed by atoms with Gasteiger partial charge in [-0.05, 0) is 30.2 Å². The third-order valence-corrected chi connectivity index (χ3v) is 3.49. The Morgan fingerprint density at radius 2 is 1.85 bits per heavy atom. The number of hydrogen-bond acceptors (Lipinski definition) is 3. The predicted octanol–water partition coefficient (Wildman–Crippen LogP) is 3.67. The molecule has 4 nitrogen and oxygen atoms in total. The monoisotopic (exact) mass is 388 g/mol. The van der Waals surface area contributed by atoms with Crippen molar-refractivity contribution in [2.45, 2.75) is 25.7 Å². The lowest BCUT2D eigenvalue weighted by Gasteiger charge is -2.14. The van der Waals surface area contributed by atoms with Crippen molar-refractivity contribution in [2.75, 3.05) is 6.61 Å². The van der Waals surface area contributed by atoms with E-state index in [-0.39, 0.29) is 30.6 Å². The van der Waals surface area contributed by atoms with Crippen LogP contribution in [0.1, 0.15) is 22.7 Å². The molecule has 2 rings (SSSR count). The van der Waals surface area contributed by atoms with Crippen LogP contribution in [0.5, 0.6) is 5.75 Å². The number of rotatable bonds is 6. The number of ether oxygens (including phenoxy) is 1. The minimum atomic E-state index is -4.40. The molecule has 1 atom stereocenters. The predicted molar refractivity (Wildman–Crippen MR) is 95.2 cm³/mol. The van der Waals surface area contributed by atoms with E-state index in [4.69, 9.17) is 5.73 Å². The zero-order valence-electron chi connectivity index (χ0n) is 14.0. The number of nitrogens with two attached hydrogens (primary N) is 1. The van der Waals surface area contributed by atoms with E-state index in [9.17, 15) is 18.0 Å². The van der Waals surface area contributed by atoms with E-state index in [2.05, 4.69) is 10.1 Å². The molecule has 2 aromatic carbocycles. The molecular formula is C18H20ClF3N2O2. The van der Waals surface area contributed by atoms with Gasteiger partial charge in [0.25, 0.3) is 0 Å². The highest BCUT2D eigenvalue weighted by Gasteiger charge is 2.28.